The first-order valence-electron chi connectivity index (χ1n) is 11.0. The van der Waals surface area contributed by atoms with E-state index in [0.717, 1.165) is 55.7 Å². The minimum Gasteiger partial charge on any atom is -0.355 e. The molecule has 6 heteroatoms. The Hall–Kier alpha value is -4.84. The molecule has 0 amide bonds. The lowest BCUT2D eigenvalue weighted by atomic mass is 10.2. The lowest BCUT2D eigenvalue weighted by molar-refractivity contribution is 1.22. The number of nitrogens with one attached hydrogen (secondary N) is 2. The maximum absolute atomic E-state index is 4.63. The smallest absolute Gasteiger partial charge is 0.116 e. The molecule has 0 fully saturated rings. The van der Waals surface area contributed by atoms with Gasteiger partial charge in [-0.3, -0.25) is 0 Å². The van der Waals surface area contributed by atoms with Crippen molar-refractivity contribution in [1.82, 2.24) is 29.9 Å². The average Bonchev–Trinajstić information content (AvgIpc) is 3.66. The van der Waals surface area contributed by atoms with Crippen LogP contribution in [0.2, 0.25) is 0 Å². The summed E-state index contributed by atoms with van der Waals surface area (Å²) in [6.07, 6.45) is 11.5. The maximum Gasteiger partial charge on any atom is 0.116 e. The molecule has 0 saturated heterocycles. The van der Waals surface area contributed by atoms with Gasteiger partial charge in [0.25, 0.3) is 0 Å². The van der Waals surface area contributed by atoms with Crippen molar-refractivity contribution < 1.29 is 0 Å². The Morgan fingerprint density at radius 1 is 0.529 bits per heavy atom. The summed E-state index contributed by atoms with van der Waals surface area (Å²) in [5, 5.41) is 1.09. The van der Waals surface area contributed by atoms with Crippen LogP contribution in [0.1, 0.15) is 22.8 Å². The number of nitrogens with zero attached hydrogens (tertiary/aromatic N) is 4. The highest BCUT2D eigenvalue weighted by molar-refractivity contribution is 5.78. The Bertz CT molecular complexity index is 1480. The quantitative estimate of drug-likeness (QED) is 0.290. The summed E-state index contributed by atoms with van der Waals surface area (Å²) >= 11 is 0. The molecule has 2 aliphatic rings. The van der Waals surface area contributed by atoms with E-state index < -0.39 is 0 Å². The molecule has 5 aromatic rings. The van der Waals surface area contributed by atoms with Crippen LogP contribution >= 0.6 is 0 Å². The Kier molecular flexibility index (Phi) is 5.01. The number of benzene rings is 1. The molecule has 0 spiro atoms. The zero-order valence-electron chi connectivity index (χ0n) is 18.2. The van der Waals surface area contributed by atoms with Crippen LogP contribution in [0.25, 0.3) is 57.3 Å². The zero-order valence-corrected chi connectivity index (χ0v) is 18.2. The van der Waals surface area contributed by atoms with Crippen molar-refractivity contribution in [1.29, 1.82) is 0 Å². The first-order valence-corrected chi connectivity index (χ1v) is 11.0. The van der Waals surface area contributed by atoms with E-state index in [1.165, 1.54) is 0 Å². The van der Waals surface area contributed by atoms with Gasteiger partial charge in [-0.2, -0.15) is 0 Å². The van der Waals surface area contributed by atoms with Gasteiger partial charge in [0.05, 0.1) is 28.3 Å². The summed E-state index contributed by atoms with van der Waals surface area (Å²) in [6, 6.07) is 24.3. The molecule has 34 heavy (non-hydrogen) atoms. The molecule has 6 heterocycles. The van der Waals surface area contributed by atoms with Gasteiger partial charge in [0, 0.05) is 33.6 Å². The third kappa shape index (κ3) is 4.38. The summed E-state index contributed by atoms with van der Waals surface area (Å²) in [5.74, 6) is 0. The number of aromatic amines is 2. The summed E-state index contributed by atoms with van der Waals surface area (Å²) in [4.78, 5) is 24.0. The highest BCUT2D eigenvalue weighted by Crippen LogP contribution is 2.17. The number of para-hydroxylation sites is 1. The number of hydrogen-bond acceptors (Lipinski definition) is 4. The molecule has 0 aliphatic carbocycles. The number of hydrogen-bond donors (Lipinski definition) is 2. The molecule has 0 unspecified atom stereocenters. The van der Waals surface area contributed by atoms with Gasteiger partial charge in [-0.25, -0.2) is 19.9 Å². The van der Waals surface area contributed by atoms with Crippen molar-refractivity contribution in [2.24, 2.45) is 0 Å². The van der Waals surface area contributed by atoms with Crippen molar-refractivity contribution in [2.75, 3.05) is 0 Å². The molecule has 7 rings (SSSR count). The van der Waals surface area contributed by atoms with Crippen LogP contribution in [0.3, 0.4) is 0 Å². The molecule has 1 aromatic carbocycles. The van der Waals surface area contributed by atoms with Crippen molar-refractivity contribution in [2.45, 2.75) is 0 Å². The second kappa shape index (κ2) is 8.60. The van der Waals surface area contributed by atoms with Crippen LogP contribution in [0.15, 0.2) is 85.3 Å². The van der Waals surface area contributed by atoms with Crippen LogP contribution in [-0.2, 0) is 0 Å². The predicted molar refractivity (Wildman–Crippen MR) is 138 cm³/mol. The van der Waals surface area contributed by atoms with E-state index >= 15 is 0 Å². The minimum absolute atomic E-state index is 0.939. The van der Waals surface area contributed by atoms with E-state index in [1.807, 2.05) is 79.0 Å². The molecular formula is C28H20N6. The molecule has 0 atom stereocenters. The summed E-state index contributed by atoms with van der Waals surface area (Å²) < 4.78 is 0. The lowest BCUT2D eigenvalue weighted by Crippen LogP contribution is -1.77. The Morgan fingerprint density at radius 2 is 1.00 bits per heavy atom. The third-order valence-electron chi connectivity index (χ3n) is 5.46. The second-order valence-electron chi connectivity index (χ2n) is 7.99. The van der Waals surface area contributed by atoms with Gasteiger partial charge < -0.3 is 9.97 Å². The van der Waals surface area contributed by atoms with Gasteiger partial charge in [-0.05, 0) is 78.9 Å². The summed E-state index contributed by atoms with van der Waals surface area (Å²) in [7, 11) is 0. The Labute approximate surface area is 195 Å². The average molecular weight is 441 g/mol. The fourth-order valence-corrected chi connectivity index (χ4v) is 3.87. The van der Waals surface area contributed by atoms with Crippen LogP contribution < -0.4 is 0 Å². The number of rotatable bonds is 0. The van der Waals surface area contributed by atoms with E-state index in [0.29, 0.717) is 0 Å². The maximum atomic E-state index is 4.63. The molecule has 4 aromatic heterocycles. The normalized spacial score (nSPS) is 11.9. The summed E-state index contributed by atoms with van der Waals surface area (Å²) in [6.45, 7) is 0. The van der Waals surface area contributed by atoms with Crippen LogP contribution in [0.5, 0.6) is 0 Å². The van der Waals surface area contributed by atoms with Gasteiger partial charge in [0.1, 0.15) is 6.33 Å². The molecule has 6 nitrogen and oxygen atoms in total. The SMILES string of the molecule is C1=Cc2cc3ccc(cc4nc(cc5ccc(cc1n2)[nH]5)C=C4)[nH]3.c1ccc2ncncc2c1. The van der Waals surface area contributed by atoms with E-state index in [1.54, 1.807) is 6.33 Å². The standard InChI is InChI=1S/C20H14N4.C8H6N2/c1-2-14-10-16-5-6-18(23-16)12-20-8-7-19(24-20)11-17-4-3-15(22-17)9-13(1)21-14;1-2-4-8-7(3-1)5-9-6-10-8/h1-12,21,24H;1-6H. The van der Waals surface area contributed by atoms with Crippen molar-refractivity contribution in [3.63, 3.8) is 0 Å². The Morgan fingerprint density at radius 3 is 1.47 bits per heavy atom. The van der Waals surface area contributed by atoms with E-state index in [2.05, 4.69) is 54.2 Å². The van der Waals surface area contributed by atoms with Gasteiger partial charge in [0.2, 0.25) is 0 Å². The van der Waals surface area contributed by atoms with Crippen molar-refractivity contribution in [3.05, 3.63) is 108 Å². The predicted octanol–water partition coefficient (Wildman–Crippen LogP) is 6.29. The van der Waals surface area contributed by atoms with E-state index in [9.17, 15) is 0 Å². The fraction of sp³-hybridized carbons (Fsp3) is 0. The molecule has 0 radical (unpaired) electrons. The topological polar surface area (TPSA) is 83.1 Å². The summed E-state index contributed by atoms with van der Waals surface area (Å²) in [5.41, 5.74) is 8.86. The highest BCUT2D eigenvalue weighted by atomic mass is 14.8. The zero-order chi connectivity index (χ0) is 22.7. The van der Waals surface area contributed by atoms with Crippen molar-refractivity contribution >= 4 is 57.3 Å². The molecular weight excluding hydrogens is 420 g/mol. The third-order valence-corrected chi connectivity index (χ3v) is 5.46. The number of H-pyrrole nitrogens is 2. The number of fused-ring (bicyclic) bond motifs is 9. The first-order chi connectivity index (χ1) is 16.8. The molecule has 8 bridgehead atoms. The van der Waals surface area contributed by atoms with E-state index in [4.69, 9.17) is 0 Å². The van der Waals surface area contributed by atoms with Gasteiger partial charge >= 0.3 is 0 Å². The van der Waals surface area contributed by atoms with Gasteiger partial charge in [-0.1, -0.05) is 18.2 Å². The van der Waals surface area contributed by atoms with Crippen LogP contribution in [0.4, 0.5) is 0 Å². The van der Waals surface area contributed by atoms with Gasteiger partial charge in [0.15, 0.2) is 0 Å². The largest absolute Gasteiger partial charge is 0.355 e. The minimum atomic E-state index is 0.939. The van der Waals surface area contributed by atoms with E-state index in [-0.39, 0.29) is 0 Å². The first kappa shape index (κ1) is 19.8. The number of aromatic nitrogens is 6. The Balaban J connectivity index is 0.000000182. The molecule has 162 valence electrons. The highest BCUT2D eigenvalue weighted by Gasteiger charge is 2.01. The molecule has 0 saturated carbocycles. The fourth-order valence-electron chi connectivity index (χ4n) is 3.87. The second-order valence-corrected chi connectivity index (χ2v) is 7.99. The monoisotopic (exact) mass is 440 g/mol. The van der Waals surface area contributed by atoms with Crippen molar-refractivity contribution in [3.8, 4) is 0 Å². The van der Waals surface area contributed by atoms with Gasteiger partial charge in [-0.15, -0.1) is 0 Å². The molecule has 2 aliphatic heterocycles. The lowest BCUT2D eigenvalue weighted by Gasteiger charge is -1.90. The molecule has 2 N–H and O–H groups in total. The van der Waals surface area contributed by atoms with Crippen LogP contribution in [0, 0.1) is 0 Å². The van der Waals surface area contributed by atoms with Crippen LogP contribution in [-0.4, -0.2) is 29.9 Å².